The number of rotatable bonds is 6. The van der Waals surface area contributed by atoms with Gasteiger partial charge in [-0.25, -0.2) is 0 Å². The van der Waals surface area contributed by atoms with Crippen LogP contribution in [-0.2, 0) is 0 Å². The van der Waals surface area contributed by atoms with Gasteiger partial charge in [-0.05, 0) is 29.8 Å². The van der Waals surface area contributed by atoms with Crippen LogP contribution in [0.3, 0.4) is 0 Å². The quantitative estimate of drug-likeness (QED) is 0.874. The van der Waals surface area contributed by atoms with E-state index in [4.69, 9.17) is 9.47 Å². The largest absolute Gasteiger partial charge is 0.497 e. The predicted octanol–water partition coefficient (Wildman–Crippen LogP) is 2.56. The lowest BCUT2D eigenvalue weighted by molar-refractivity contribution is 0.109. The van der Waals surface area contributed by atoms with Crippen molar-refractivity contribution in [2.75, 3.05) is 51.8 Å². The Morgan fingerprint density at radius 2 is 1.56 bits per heavy atom. The molecule has 1 saturated heterocycles. The summed E-state index contributed by atoms with van der Waals surface area (Å²) in [6, 6.07) is 15.8. The van der Waals surface area contributed by atoms with E-state index in [1.54, 1.807) is 14.2 Å². The van der Waals surface area contributed by atoms with Crippen LogP contribution in [0.5, 0.6) is 11.5 Å². The maximum absolute atomic E-state index is 10.5. The zero-order valence-electron chi connectivity index (χ0n) is 14.9. The lowest BCUT2D eigenvalue weighted by Gasteiger charge is -2.37. The summed E-state index contributed by atoms with van der Waals surface area (Å²) in [4.78, 5) is 4.66. The number of methoxy groups -OCH3 is 2. The van der Waals surface area contributed by atoms with Crippen molar-refractivity contribution in [1.82, 2.24) is 4.90 Å². The van der Waals surface area contributed by atoms with Gasteiger partial charge >= 0.3 is 0 Å². The number of β-amino-alcohol motifs (C(OH)–C–C–N with tert-alkyl or cyclic N) is 1. The molecular formula is C20H26N2O3. The molecule has 0 bridgehead atoms. The van der Waals surface area contributed by atoms with E-state index in [1.807, 2.05) is 36.4 Å². The Kier molecular flexibility index (Phi) is 5.79. The van der Waals surface area contributed by atoms with E-state index >= 15 is 0 Å². The SMILES string of the molecule is COc1cccc([C@@H](O)CN2CCN(c3cccc(OC)c3)CC2)c1. The minimum absolute atomic E-state index is 0.501. The number of aliphatic hydroxyl groups excluding tert-OH is 1. The summed E-state index contributed by atoms with van der Waals surface area (Å²) in [5.74, 6) is 1.66. The zero-order chi connectivity index (χ0) is 17.6. The molecule has 1 atom stereocenters. The predicted molar refractivity (Wildman–Crippen MR) is 99.6 cm³/mol. The third-order valence-corrected chi connectivity index (χ3v) is 4.70. The number of hydrogen-bond acceptors (Lipinski definition) is 5. The lowest BCUT2D eigenvalue weighted by atomic mass is 10.1. The fourth-order valence-electron chi connectivity index (χ4n) is 3.19. The first kappa shape index (κ1) is 17.6. The Labute approximate surface area is 149 Å². The Morgan fingerprint density at radius 3 is 2.24 bits per heavy atom. The van der Waals surface area contributed by atoms with Gasteiger partial charge in [0.05, 0.1) is 20.3 Å². The molecule has 0 saturated carbocycles. The van der Waals surface area contributed by atoms with Gasteiger partial charge in [-0.3, -0.25) is 4.90 Å². The molecule has 2 aromatic rings. The normalized spacial score (nSPS) is 16.5. The van der Waals surface area contributed by atoms with Crippen molar-refractivity contribution >= 4 is 5.69 Å². The van der Waals surface area contributed by atoms with Gasteiger partial charge in [0.25, 0.3) is 0 Å². The number of nitrogens with zero attached hydrogens (tertiary/aromatic N) is 2. The van der Waals surface area contributed by atoms with Crippen LogP contribution in [0.2, 0.25) is 0 Å². The smallest absolute Gasteiger partial charge is 0.120 e. The minimum Gasteiger partial charge on any atom is -0.497 e. The standard InChI is InChI=1S/C20H26N2O3/c1-24-18-7-3-5-16(13-18)20(23)15-21-9-11-22(12-10-21)17-6-4-8-19(14-17)25-2/h3-8,13-14,20,23H,9-12,15H2,1-2H3/t20-/m0/s1. The highest BCUT2D eigenvalue weighted by atomic mass is 16.5. The van der Waals surface area contributed by atoms with E-state index in [0.717, 1.165) is 43.2 Å². The van der Waals surface area contributed by atoms with Crippen LogP contribution in [0.4, 0.5) is 5.69 Å². The molecule has 25 heavy (non-hydrogen) atoms. The molecule has 0 spiro atoms. The number of piperazine rings is 1. The molecule has 3 rings (SSSR count). The average Bonchev–Trinajstić information content (AvgIpc) is 2.68. The first-order valence-electron chi connectivity index (χ1n) is 8.63. The van der Waals surface area contributed by atoms with Crippen LogP contribution < -0.4 is 14.4 Å². The van der Waals surface area contributed by atoms with E-state index < -0.39 is 6.10 Å². The topological polar surface area (TPSA) is 45.2 Å². The molecule has 1 N–H and O–H groups in total. The van der Waals surface area contributed by atoms with E-state index in [0.29, 0.717) is 6.54 Å². The van der Waals surface area contributed by atoms with Gasteiger partial charge in [-0.2, -0.15) is 0 Å². The van der Waals surface area contributed by atoms with E-state index in [9.17, 15) is 5.11 Å². The highest BCUT2D eigenvalue weighted by Gasteiger charge is 2.20. The molecule has 5 nitrogen and oxygen atoms in total. The summed E-state index contributed by atoms with van der Waals surface area (Å²) in [5.41, 5.74) is 2.09. The molecule has 1 fully saturated rings. The molecule has 1 aliphatic rings. The second kappa shape index (κ2) is 8.23. The molecule has 5 heteroatoms. The Hall–Kier alpha value is -2.24. The summed E-state index contributed by atoms with van der Waals surface area (Å²) >= 11 is 0. The van der Waals surface area contributed by atoms with Crippen LogP contribution in [-0.4, -0.2) is 56.9 Å². The monoisotopic (exact) mass is 342 g/mol. The maximum Gasteiger partial charge on any atom is 0.120 e. The van der Waals surface area contributed by atoms with Crippen LogP contribution in [0.25, 0.3) is 0 Å². The lowest BCUT2D eigenvalue weighted by Crippen LogP contribution is -2.47. The summed E-state index contributed by atoms with van der Waals surface area (Å²) in [5, 5.41) is 10.5. The van der Waals surface area contributed by atoms with Crippen molar-refractivity contribution in [1.29, 1.82) is 0 Å². The zero-order valence-corrected chi connectivity index (χ0v) is 14.9. The molecule has 0 amide bonds. The van der Waals surface area contributed by atoms with Gasteiger partial charge in [0.1, 0.15) is 11.5 Å². The van der Waals surface area contributed by atoms with Crippen LogP contribution in [0.1, 0.15) is 11.7 Å². The van der Waals surface area contributed by atoms with Crippen molar-refractivity contribution in [3.63, 3.8) is 0 Å². The molecular weight excluding hydrogens is 316 g/mol. The first-order valence-corrected chi connectivity index (χ1v) is 8.63. The number of hydrogen-bond donors (Lipinski definition) is 1. The van der Waals surface area contributed by atoms with Crippen molar-refractivity contribution < 1.29 is 14.6 Å². The van der Waals surface area contributed by atoms with Crippen molar-refractivity contribution in [3.05, 3.63) is 54.1 Å². The maximum atomic E-state index is 10.5. The van der Waals surface area contributed by atoms with Gasteiger partial charge in [-0.1, -0.05) is 18.2 Å². The molecule has 0 aromatic heterocycles. The molecule has 134 valence electrons. The van der Waals surface area contributed by atoms with Gasteiger partial charge in [0, 0.05) is 44.5 Å². The van der Waals surface area contributed by atoms with Crippen LogP contribution in [0.15, 0.2) is 48.5 Å². The Morgan fingerprint density at radius 1 is 0.920 bits per heavy atom. The average molecular weight is 342 g/mol. The van der Waals surface area contributed by atoms with Crippen molar-refractivity contribution in [2.45, 2.75) is 6.10 Å². The number of aliphatic hydroxyl groups is 1. The van der Waals surface area contributed by atoms with Crippen molar-refractivity contribution in [3.8, 4) is 11.5 Å². The molecule has 0 unspecified atom stereocenters. The highest BCUT2D eigenvalue weighted by molar-refractivity contribution is 5.51. The van der Waals surface area contributed by atoms with Gasteiger partial charge in [-0.15, -0.1) is 0 Å². The Bertz CT molecular complexity index is 684. The third kappa shape index (κ3) is 4.44. The van der Waals surface area contributed by atoms with Gasteiger partial charge < -0.3 is 19.5 Å². The minimum atomic E-state index is -0.501. The van der Waals surface area contributed by atoms with Gasteiger partial charge in [0.2, 0.25) is 0 Å². The van der Waals surface area contributed by atoms with E-state index in [-0.39, 0.29) is 0 Å². The Balaban J connectivity index is 1.55. The number of anilines is 1. The molecule has 2 aromatic carbocycles. The summed E-state index contributed by atoms with van der Waals surface area (Å²) in [6.45, 7) is 4.38. The summed E-state index contributed by atoms with van der Waals surface area (Å²) in [7, 11) is 3.33. The van der Waals surface area contributed by atoms with Crippen molar-refractivity contribution in [2.24, 2.45) is 0 Å². The van der Waals surface area contributed by atoms with Crippen LogP contribution in [0, 0.1) is 0 Å². The molecule has 1 aliphatic heterocycles. The van der Waals surface area contributed by atoms with Gasteiger partial charge in [0.15, 0.2) is 0 Å². The van der Waals surface area contributed by atoms with E-state index in [2.05, 4.69) is 21.9 Å². The number of ether oxygens (including phenoxy) is 2. The molecule has 1 heterocycles. The fourth-order valence-corrected chi connectivity index (χ4v) is 3.19. The highest BCUT2D eigenvalue weighted by Crippen LogP contribution is 2.24. The molecule has 0 aliphatic carbocycles. The summed E-state index contributed by atoms with van der Waals surface area (Å²) < 4.78 is 10.5. The first-order chi connectivity index (χ1) is 12.2. The third-order valence-electron chi connectivity index (χ3n) is 4.70. The van der Waals surface area contributed by atoms with E-state index in [1.165, 1.54) is 5.69 Å². The summed E-state index contributed by atoms with van der Waals surface area (Å²) in [6.07, 6.45) is -0.501. The molecule has 0 radical (unpaired) electrons. The number of benzene rings is 2. The second-order valence-corrected chi connectivity index (χ2v) is 6.28. The fraction of sp³-hybridized carbons (Fsp3) is 0.400. The second-order valence-electron chi connectivity index (χ2n) is 6.28. The van der Waals surface area contributed by atoms with Crippen LogP contribution >= 0.6 is 0 Å².